The highest BCUT2D eigenvalue weighted by Crippen LogP contribution is 2.27. The van der Waals surface area contributed by atoms with Gasteiger partial charge in [0.1, 0.15) is 6.04 Å². The van der Waals surface area contributed by atoms with Gasteiger partial charge in [0.25, 0.3) is 0 Å². The zero-order valence-corrected chi connectivity index (χ0v) is 10.6. The van der Waals surface area contributed by atoms with E-state index in [1.165, 1.54) is 32.1 Å². The Morgan fingerprint density at radius 3 is 2.56 bits per heavy atom. The minimum atomic E-state index is -0.0898. The van der Waals surface area contributed by atoms with Crippen LogP contribution >= 0.6 is 0 Å². The smallest absolute Gasteiger partial charge is 0.323 e. The molecule has 1 fully saturated rings. The van der Waals surface area contributed by atoms with E-state index in [1.807, 2.05) is 13.8 Å². The molecule has 1 saturated carbocycles. The summed E-state index contributed by atoms with van der Waals surface area (Å²) in [4.78, 5) is 11.7. The Hall–Kier alpha value is -0.570. The van der Waals surface area contributed by atoms with Crippen molar-refractivity contribution < 1.29 is 9.53 Å². The molecule has 1 aliphatic carbocycles. The number of hydrogen-bond donors (Lipinski definition) is 1. The molecular formula is C13H25NO2. The fourth-order valence-electron chi connectivity index (χ4n) is 2.51. The molecule has 0 aliphatic heterocycles. The lowest BCUT2D eigenvalue weighted by Crippen LogP contribution is -2.39. The van der Waals surface area contributed by atoms with E-state index in [4.69, 9.17) is 4.74 Å². The van der Waals surface area contributed by atoms with Crippen LogP contribution in [0, 0.1) is 5.92 Å². The summed E-state index contributed by atoms with van der Waals surface area (Å²) in [7, 11) is 0. The number of hydrogen-bond acceptors (Lipinski definition) is 3. The Bertz CT molecular complexity index is 200. The molecule has 0 aromatic heterocycles. The van der Waals surface area contributed by atoms with Gasteiger partial charge < -0.3 is 10.1 Å². The zero-order valence-electron chi connectivity index (χ0n) is 10.6. The van der Waals surface area contributed by atoms with Gasteiger partial charge in [-0.3, -0.25) is 4.79 Å². The quantitative estimate of drug-likeness (QED) is 0.709. The van der Waals surface area contributed by atoms with Gasteiger partial charge in [0.05, 0.1) is 6.61 Å². The molecule has 94 valence electrons. The second-order valence-corrected chi connectivity index (χ2v) is 4.60. The van der Waals surface area contributed by atoms with E-state index in [9.17, 15) is 4.79 Å². The summed E-state index contributed by atoms with van der Waals surface area (Å²) < 4.78 is 5.10. The first-order chi connectivity index (χ1) is 7.77. The summed E-state index contributed by atoms with van der Waals surface area (Å²) in [6.07, 6.45) is 7.52. The van der Waals surface area contributed by atoms with Gasteiger partial charge in [-0.1, -0.05) is 39.0 Å². The Balaban J connectivity index is 2.39. The molecule has 0 radical (unpaired) electrons. The predicted molar refractivity (Wildman–Crippen MR) is 65.3 cm³/mol. The second kappa shape index (κ2) is 7.66. The Morgan fingerprint density at radius 1 is 1.31 bits per heavy atom. The van der Waals surface area contributed by atoms with Crippen LogP contribution in [0.3, 0.4) is 0 Å². The second-order valence-electron chi connectivity index (χ2n) is 4.60. The molecule has 1 aliphatic rings. The summed E-state index contributed by atoms with van der Waals surface area (Å²) in [5.74, 6) is 0.636. The Morgan fingerprint density at radius 2 is 2.00 bits per heavy atom. The van der Waals surface area contributed by atoms with Gasteiger partial charge in [-0.15, -0.1) is 0 Å². The fraction of sp³-hybridized carbons (Fsp3) is 0.923. The monoisotopic (exact) mass is 227 g/mol. The van der Waals surface area contributed by atoms with E-state index in [1.54, 1.807) is 0 Å². The van der Waals surface area contributed by atoms with Gasteiger partial charge >= 0.3 is 5.97 Å². The Kier molecular flexibility index (Phi) is 6.46. The first-order valence-electron chi connectivity index (χ1n) is 6.68. The number of ether oxygens (including phenoxy) is 1. The molecule has 0 aromatic rings. The summed E-state index contributed by atoms with van der Waals surface area (Å²) in [6, 6.07) is -0.0898. The Labute approximate surface area is 98.9 Å². The van der Waals surface area contributed by atoms with Crippen molar-refractivity contribution in [2.24, 2.45) is 5.92 Å². The van der Waals surface area contributed by atoms with Gasteiger partial charge in [-0.05, 0) is 25.8 Å². The maximum atomic E-state index is 11.7. The van der Waals surface area contributed by atoms with Gasteiger partial charge in [0, 0.05) is 0 Å². The molecule has 1 N–H and O–H groups in total. The molecule has 0 amide bonds. The van der Waals surface area contributed by atoms with Crippen molar-refractivity contribution in [2.45, 2.75) is 58.4 Å². The van der Waals surface area contributed by atoms with Crippen molar-refractivity contribution in [3.8, 4) is 0 Å². The summed E-state index contributed by atoms with van der Waals surface area (Å²) in [6.45, 7) is 5.20. The molecule has 16 heavy (non-hydrogen) atoms. The van der Waals surface area contributed by atoms with Crippen LogP contribution in [0.25, 0.3) is 0 Å². The number of carbonyl (C=O) groups is 1. The number of esters is 1. The van der Waals surface area contributed by atoms with Crippen molar-refractivity contribution >= 4 is 5.97 Å². The molecule has 0 saturated heterocycles. The minimum Gasteiger partial charge on any atom is -0.465 e. The maximum Gasteiger partial charge on any atom is 0.323 e. The highest BCUT2D eigenvalue weighted by Gasteiger charge is 2.24. The van der Waals surface area contributed by atoms with Crippen molar-refractivity contribution in [3.63, 3.8) is 0 Å². The van der Waals surface area contributed by atoms with Crippen molar-refractivity contribution in [1.82, 2.24) is 5.32 Å². The van der Waals surface area contributed by atoms with Gasteiger partial charge in [-0.25, -0.2) is 0 Å². The zero-order chi connectivity index (χ0) is 11.8. The standard InChI is InChI=1S/C13H25NO2/c1-3-14-12(13(15)16-4-2)10-11-8-6-5-7-9-11/h11-12,14H,3-10H2,1-2H3/t12-/m1/s1. The number of nitrogens with one attached hydrogen (secondary N) is 1. The average Bonchev–Trinajstić information content (AvgIpc) is 2.30. The molecule has 0 unspecified atom stereocenters. The third kappa shape index (κ3) is 4.52. The predicted octanol–water partition coefficient (Wildman–Crippen LogP) is 2.50. The highest BCUT2D eigenvalue weighted by atomic mass is 16.5. The highest BCUT2D eigenvalue weighted by molar-refractivity contribution is 5.75. The van der Waals surface area contributed by atoms with Gasteiger partial charge in [0.2, 0.25) is 0 Å². The molecule has 0 bridgehead atoms. The normalized spacial score (nSPS) is 19.4. The van der Waals surface area contributed by atoms with Crippen LogP contribution in [0.4, 0.5) is 0 Å². The van der Waals surface area contributed by atoms with E-state index in [2.05, 4.69) is 5.32 Å². The topological polar surface area (TPSA) is 38.3 Å². The van der Waals surface area contributed by atoms with E-state index in [0.29, 0.717) is 12.5 Å². The van der Waals surface area contributed by atoms with Crippen LogP contribution in [0.1, 0.15) is 52.4 Å². The van der Waals surface area contributed by atoms with Gasteiger partial charge in [-0.2, -0.15) is 0 Å². The van der Waals surface area contributed by atoms with Crippen molar-refractivity contribution in [1.29, 1.82) is 0 Å². The van der Waals surface area contributed by atoms with Crippen LogP contribution < -0.4 is 5.32 Å². The van der Waals surface area contributed by atoms with Crippen LogP contribution in [0.5, 0.6) is 0 Å². The third-order valence-electron chi connectivity index (χ3n) is 3.32. The van der Waals surface area contributed by atoms with Crippen molar-refractivity contribution in [2.75, 3.05) is 13.2 Å². The van der Waals surface area contributed by atoms with E-state index in [-0.39, 0.29) is 12.0 Å². The number of rotatable bonds is 6. The average molecular weight is 227 g/mol. The lowest BCUT2D eigenvalue weighted by molar-refractivity contribution is -0.146. The molecule has 0 spiro atoms. The maximum absolute atomic E-state index is 11.7. The molecule has 0 aromatic carbocycles. The van der Waals surface area contributed by atoms with Gasteiger partial charge in [0.15, 0.2) is 0 Å². The fourth-order valence-corrected chi connectivity index (χ4v) is 2.51. The van der Waals surface area contributed by atoms with Crippen LogP contribution in [0.15, 0.2) is 0 Å². The minimum absolute atomic E-state index is 0.0741. The lowest BCUT2D eigenvalue weighted by atomic mass is 9.85. The number of carbonyl (C=O) groups excluding carboxylic acids is 1. The summed E-state index contributed by atoms with van der Waals surface area (Å²) >= 11 is 0. The molecular weight excluding hydrogens is 202 g/mol. The summed E-state index contributed by atoms with van der Waals surface area (Å²) in [5, 5.41) is 3.24. The lowest BCUT2D eigenvalue weighted by Gasteiger charge is -2.25. The van der Waals surface area contributed by atoms with E-state index in [0.717, 1.165) is 13.0 Å². The molecule has 3 heteroatoms. The molecule has 1 atom stereocenters. The summed E-state index contributed by atoms with van der Waals surface area (Å²) in [5.41, 5.74) is 0. The molecule has 3 nitrogen and oxygen atoms in total. The van der Waals surface area contributed by atoms with Crippen molar-refractivity contribution in [3.05, 3.63) is 0 Å². The number of likely N-dealkylation sites (N-methyl/N-ethyl adjacent to an activating group) is 1. The van der Waals surface area contributed by atoms with E-state index < -0.39 is 0 Å². The largest absolute Gasteiger partial charge is 0.465 e. The van der Waals surface area contributed by atoms with Crippen LogP contribution in [-0.4, -0.2) is 25.2 Å². The van der Waals surface area contributed by atoms with E-state index >= 15 is 0 Å². The first kappa shape index (κ1) is 13.5. The van der Waals surface area contributed by atoms with Crippen LogP contribution in [0.2, 0.25) is 0 Å². The first-order valence-corrected chi connectivity index (χ1v) is 6.68. The van der Waals surface area contributed by atoms with Crippen LogP contribution in [-0.2, 0) is 9.53 Å². The molecule has 1 rings (SSSR count). The molecule has 0 heterocycles. The SMILES string of the molecule is CCN[C@H](CC1CCCCC1)C(=O)OCC. The third-order valence-corrected chi connectivity index (χ3v) is 3.32.